The van der Waals surface area contributed by atoms with E-state index in [4.69, 9.17) is 4.74 Å². The molecule has 0 bridgehead atoms. The summed E-state index contributed by atoms with van der Waals surface area (Å²) < 4.78 is 6.94. The zero-order chi connectivity index (χ0) is 12.2. The largest absolute Gasteiger partial charge is 0.376 e. The molecule has 0 saturated heterocycles. The lowest BCUT2D eigenvalue weighted by atomic mass is 10.3. The second-order valence-electron chi connectivity index (χ2n) is 4.56. The first-order valence-corrected chi connectivity index (χ1v) is 7.35. The summed E-state index contributed by atoms with van der Waals surface area (Å²) in [5, 5.41) is 5.37. The Morgan fingerprint density at radius 2 is 2.22 bits per heavy atom. The van der Waals surface area contributed by atoms with Gasteiger partial charge in [-0.15, -0.1) is 11.3 Å². The molecule has 1 saturated carbocycles. The summed E-state index contributed by atoms with van der Waals surface area (Å²) in [6.45, 7) is 1.56. The molecule has 2 heterocycles. The van der Waals surface area contributed by atoms with Gasteiger partial charge in [0.15, 0.2) is 0 Å². The summed E-state index contributed by atoms with van der Waals surface area (Å²) in [4.78, 5) is 8.50. The molecule has 18 heavy (non-hydrogen) atoms. The van der Waals surface area contributed by atoms with Crippen LogP contribution in [0, 0.1) is 0 Å². The van der Waals surface area contributed by atoms with Crippen molar-refractivity contribution in [1.29, 1.82) is 0 Å². The number of ether oxygens (including phenoxy) is 1. The third-order valence-corrected chi connectivity index (χ3v) is 4.20. The number of nitrogens with one attached hydrogen (secondary N) is 1. The van der Waals surface area contributed by atoms with Crippen molar-refractivity contribution < 1.29 is 4.74 Å². The molecule has 0 aliphatic heterocycles. The molecule has 2 aromatic heterocycles. The molecule has 1 aliphatic carbocycles. The Bertz CT molecular complexity index is 508. The highest BCUT2D eigenvalue weighted by molar-refractivity contribution is 7.17. The normalized spacial score (nSPS) is 16.4. The number of anilines is 1. The number of rotatable bonds is 5. The number of nitrogens with zero attached hydrogens (tertiary/aromatic N) is 2. The van der Waals surface area contributed by atoms with Crippen LogP contribution in [-0.4, -0.2) is 29.2 Å². The van der Waals surface area contributed by atoms with E-state index in [0.29, 0.717) is 6.10 Å². The maximum Gasteiger partial charge on any atom is 0.147 e. The first-order valence-electron chi connectivity index (χ1n) is 6.47. The molecule has 96 valence electrons. The van der Waals surface area contributed by atoms with Crippen LogP contribution in [-0.2, 0) is 4.74 Å². The van der Waals surface area contributed by atoms with Crippen molar-refractivity contribution in [1.82, 2.24) is 9.97 Å². The van der Waals surface area contributed by atoms with Crippen molar-refractivity contribution in [2.24, 2.45) is 0 Å². The lowest BCUT2D eigenvalue weighted by Crippen LogP contribution is -2.15. The average molecular weight is 263 g/mol. The fraction of sp³-hybridized carbons (Fsp3) is 0.538. The molecule has 5 heteroatoms. The van der Waals surface area contributed by atoms with Crippen molar-refractivity contribution in [3.8, 4) is 0 Å². The molecular formula is C13H17N3OS. The van der Waals surface area contributed by atoms with Crippen molar-refractivity contribution in [3.63, 3.8) is 0 Å². The summed E-state index contributed by atoms with van der Waals surface area (Å²) in [5.41, 5.74) is 1.01. The molecule has 0 spiro atoms. The van der Waals surface area contributed by atoms with Crippen LogP contribution in [0.15, 0.2) is 17.8 Å². The number of fused-ring (bicyclic) bond motifs is 1. The van der Waals surface area contributed by atoms with Crippen molar-refractivity contribution in [2.75, 3.05) is 18.5 Å². The maximum atomic E-state index is 5.82. The maximum absolute atomic E-state index is 5.82. The third kappa shape index (κ3) is 2.62. The molecule has 2 aromatic rings. The number of hydrogen-bond donors (Lipinski definition) is 1. The zero-order valence-corrected chi connectivity index (χ0v) is 11.1. The fourth-order valence-corrected chi connectivity index (χ4v) is 3.18. The molecule has 1 N–H and O–H groups in total. The monoisotopic (exact) mass is 263 g/mol. The number of hydrogen-bond acceptors (Lipinski definition) is 5. The van der Waals surface area contributed by atoms with Gasteiger partial charge in [-0.2, -0.15) is 0 Å². The van der Waals surface area contributed by atoms with Gasteiger partial charge in [0.1, 0.15) is 12.1 Å². The summed E-state index contributed by atoms with van der Waals surface area (Å²) in [6, 6.07) is 2.02. The highest BCUT2D eigenvalue weighted by Gasteiger charge is 2.14. The van der Waals surface area contributed by atoms with Crippen LogP contribution in [0.3, 0.4) is 0 Å². The van der Waals surface area contributed by atoms with Crippen LogP contribution in [0.2, 0.25) is 0 Å². The van der Waals surface area contributed by atoms with Gasteiger partial charge in [0.25, 0.3) is 0 Å². The van der Waals surface area contributed by atoms with Gasteiger partial charge in [0.05, 0.1) is 22.9 Å². The van der Waals surface area contributed by atoms with Crippen molar-refractivity contribution >= 4 is 27.4 Å². The van der Waals surface area contributed by atoms with Gasteiger partial charge in [0, 0.05) is 6.54 Å². The van der Waals surface area contributed by atoms with E-state index in [2.05, 4.69) is 15.3 Å². The topological polar surface area (TPSA) is 47.0 Å². The van der Waals surface area contributed by atoms with Gasteiger partial charge >= 0.3 is 0 Å². The molecule has 0 aromatic carbocycles. The number of aromatic nitrogens is 2. The van der Waals surface area contributed by atoms with E-state index in [0.717, 1.165) is 29.2 Å². The minimum atomic E-state index is 0.485. The van der Waals surface area contributed by atoms with Crippen LogP contribution in [0.4, 0.5) is 5.82 Å². The second-order valence-corrected chi connectivity index (χ2v) is 5.48. The van der Waals surface area contributed by atoms with Crippen LogP contribution < -0.4 is 5.32 Å². The standard InChI is InChI=1S/C13H17N3OS/c1-2-4-10(3-1)17-7-6-14-13-12-11(5-8-18-12)15-9-16-13/h5,8-10H,1-4,6-7H2,(H,14,15,16). The van der Waals surface area contributed by atoms with Crippen LogP contribution in [0.1, 0.15) is 25.7 Å². The van der Waals surface area contributed by atoms with E-state index in [-0.39, 0.29) is 0 Å². The smallest absolute Gasteiger partial charge is 0.147 e. The first-order chi connectivity index (χ1) is 8.93. The summed E-state index contributed by atoms with van der Waals surface area (Å²) in [7, 11) is 0. The molecule has 1 aliphatic rings. The Hall–Kier alpha value is -1.20. The van der Waals surface area contributed by atoms with E-state index in [1.807, 2.05) is 11.4 Å². The molecule has 4 nitrogen and oxygen atoms in total. The van der Waals surface area contributed by atoms with Crippen LogP contribution in [0.25, 0.3) is 10.2 Å². The second kappa shape index (κ2) is 5.63. The minimum Gasteiger partial charge on any atom is -0.376 e. The van der Waals surface area contributed by atoms with Gasteiger partial charge in [-0.3, -0.25) is 0 Å². The van der Waals surface area contributed by atoms with E-state index in [1.54, 1.807) is 17.7 Å². The first kappa shape index (κ1) is 11.9. The minimum absolute atomic E-state index is 0.485. The summed E-state index contributed by atoms with van der Waals surface area (Å²) >= 11 is 1.67. The van der Waals surface area contributed by atoms with Gasteiger partial charge < -0.3 is 10.1 Å². The molecular weight excluding hydrogens is 246 g/mol. The predicted molar refractivity (Wildman–Crippen MR) is 74.1 cm³/mol. The van der Waals surface area contributed by atoms with E-state index in [1.165, 1.54) is 25.7 Å². The molecule has 1 fully saturated rings. The lowest BCUT2D eigenvalue weighted by molar-refractivity contribution is 0.0659. The molecule has 3 rings (SSSR count). The summed E-state index contributed by atoms with van der Waals surface area (Å²) in [5.74, 6) is 0.921. The quantitative estimate of drug-likeness (QED) is 0.842. The molecule has 0 unspecified atom stereocenters. The lowest BCUT2D eigenvalue weighted by Gasteiger charge is -2.11. The van der Waals surface area contributed by atoms with Gasteiger partial charge in [-0.05, 0) is 24.3 Å². The molecule has 0 atom stereocenters. The average Bonchev–Trinajstić information content (AvgIpc) is 3.05. The van der Waals surface area contributed by atoms with E-state index < -0.39 is 0 Å². The Morgan fingerprint density at radius 3 is 3.11 bits per heavy atom. The molecule has 0 radical (unpaired) electrons. The van der Waals surface area contributed by atoms with E-state index >= 15 is 0 Å². The van der Waals surface area contributed by atoms with Crippen molar-refractivity contribution in [2.45, 2.75) is 31.8 Å². The Kier molecular flexibility index (Phi) is 3.71. The Balaban J connectivity index is 1.51. The Labute approximate surface area is 110 Å². The highest BCUT2D eigenvalue weighted by atomic mass is 32.1. The number of thiophene rings is 1. The van der Waals surface area contributed by atoms with E-state index in [9.17, 15) is 0 Å². The van der Waals surface area contributed by atoms with Gasteiger partial charge in [0.2, 0.25) is 0 Å². The zero-order valence-electron chi connectivity index (χ0n) is 10.3. The molecule has 0 amide bonds. The van der Waals surface area contributed by atoms with Crippen LogP contribution in [0.5, 0.6) is 0 Å². The van der Waals surface area contributed by atoms with Gasteiger partial charge in [-0.1, -0.05) is 12.8 Å². The third-order valence-electron chi connectivity index (χ3n) is 3.29. The SMILES string of the molecule is c1nc(NCCOC2CCCC2)c2sccc2n1. The predicted octanol–water partition coefficient (Wildman–Crippen LogP) is 3.06. The van der Waals surface area contributed by atoms with Gasteiger partial charge in [-0.25, -0.2) is 9.97 Å². The summed E-state index contributed by atoms with van der Waals surface area (Å²) in [6.07, 6.45) is 7.18. The Morgan fingerprint density at radius 1 is 1.33 bits per heavy atom. The fourth-order valence-electron chi connectivity index (χ4n) is 2.36. The van der Waals surface area contributed by atoms with Crippen LogP contribution >= 0.6 is 11.3 Å². The highest BCUT2D eigenvalue weighted by Crippen LogP contribution is 2.24. The van der Waals surface area contributed by atoms with Crippen molar-refractivity contribution in [3.05, 3.63) is 17.8 Å².